The lowest BCUT2D eigenvalue weighted by Gasteiger charge is -2.39. The number of benzene rings is 1. The van der Waals surface area contributed by atoms with Crippen LogP contribution in [0.5, 0.6) is 11.5 Å². The molecule has 0 spiro atoms. The summed E-state index contributed by atoms with van der Waals surface area (Å²) in [4.78, 5) is 16.0. The molecule has 27 heavy (non-hydrogen) atoms. The smallest absolute Gasteiger partial charge is 0.261 e. The third-order valence-electron chi connectivity index (χ3n) is 6.09. The minimum Gasteiger partial charge on any atom is -0.454 e. The van der Waals surface area contributed by atoms with Crippen LogP contribution in [-0.2, 0) is 6.54 Å². The molecule has 142 valence electrons. The summed E-state index contributed by atoms with van der Waals surface area (Å²) in [7, 11) is 0. The molecule has 2 aromatic rings. The summed E-state index contributed by atoms with van der Waals surface area (Å²) in [5, 5.41) is 5.28. The standard InChI is InChI=1S/C21H24N2O3S/c1-13-6-7-27-20(13)21(24)22-15-9-16-3-4-17(10-15)23(16)11-14-2-5-18-19(8-14)26-12-25-18/h2,5-8,15-17H,3-4,9-12H2,1H3,(H,22,24). The molecule has 5 nitrogen and oxygen atoms in total. The maximum Gasteiger partial charge on any atom is 0.261 e. The van der Waals surface area contributed by atoms with Crippen molar-refractivity contribution in [1.29, 1.82) is 0 Å². The zero-order chi connectivity index (χ0) is 18.4. The number of hydrogen-bond donors (Lipinski definition) is 1. The van der Waals surface area contributed by atoms with E-state index in [1.807, 2.05) is 24.4 Å². The van der Waals surface area contributed by atoms with Gasteiger partial charge in [0.15, 0.2) is 11.5 Å². The molecule has 0 radical (unpaired) electrons. The SMILES string of the molecule is Cc1ccsc1C(=O)NC1CC2CCC(C1)N2Cc1ccc2c(c1)OCO2. The molecule has 3 aliphatic heterocycles. The molecular weight excluding hydrogens is 360 g/mol. The third kappa shape index (κ3) is 3.21. The minimum absolute atomic E-state index is 0.0936. The van der Waals surface area contributed by atoms with Gasteiger partial charge < -0.3 is 14.8 Å². The Morgan fingerprint density at radius 3 is 2.70 bits per heavy atom. The van der Waals surface area contributed by atoms with Gasteiger partial charge in [-0.2, -0.15) is 0 Å². The summed E-state index contributed by atoms with van der Waals surface area (Å²) in [6, 6.07) is 9.64. The van der Waals surface area contributed by atoms with Crippen molar-refractivity contribution >= 4 is 17.2 Å². The molecule has 0 saturated carbocycles. The number of carbonyl (C=O) groups is 1. The second kappa shape index (κ2) is 6.84. The highest BCUT2D eigenvalue weighted by Crippen LogP contribution is 2.38. The number of nitrogens with one attached hydrogen (secondary N) is 1. The van der Waals surface area contributed by atoms with Crippen LogP contribution in [0.25, 0.3) is 0 Å². The van der Waals surface area contributed by atoms with E-state index >= 15 is 0 Å². The number of thiophene rings is 1. The summed E-state index contributed by atoms with van der Waals surface area (Å²) >= 11 is 1.53. The van der Waals surface area contributed by atoms with Gasteiger partial charge in [-0.3, -0.25) is 9.69 Å². The quantitative estimate of drug-likeness (QED) is 0.873. The van der Waals surface area contributed by atoms with Gasteiger partial charge in [0.1, 0.15) is 0 Å². The van der Waals surface area contributed by atoms with E-state index in [0.717, 1.165) is 41.3 Å². The van der Waals surface area contributed by atoms with Gasteiger partial charge in [0.2, 0.25) is 6.79 Å². The van der Waals surface area contributed by atoms with E-state index in [-0.39, 0.29) is 11.9 Å². The number of aryl methyl sites for hydroxylation is 1. The summed E-state index contributed by atoms with van der Waals surface area (Å²) in [5.74, 6) is 1.79. The largest absolute Gasteiger partial charge is 0.454 e. The summed E-state index contributed by atoms with van der Waals surface area (Å²) in [6.07, 6.45) is 4.52. The highest BCUT2D eigenvalue weighted by Gasteiger charge is 2.41. The van der Waals surface area contributed by atoms with Crippen molar-refractivity contribution in [2.75, 3.05) is 6.79 Å². The van der Waals surface area contributed by atoms with E-state index in [9.17, 15) is 4.79 Å². The van der Waals surface area contributed by atoms with Crippen LogP contribution in [0.15, 0.2) is 29.6 Å². The molecule has 1 N–H and O–H groups in total. The van der Waals surface area contributed by atoms with Gasteiger partial charge in [0.25, 0.3) is 5.91 Å². The van der Waals surface area contributed by atoms with Crippen LogP contribution in [0, 0.1) is 6.92 Å². The summed E-state index contributed by atoms with van der Waals surface area (Å²) in [5.41, 5.74) is 2.34. The Hall–Kier alpha value is -2.05. The van der Waals surface area contributed by atoms with E-state index in [1.165, 1.54) is 29.7 Å². The Morgan fingerprint density at radius 1 is 1.19 bits per heavy atom. The second-order valence-electron chi connectivity index (χ2n) is 7.82. The molecule has 2 unspecified atom stereocenters. The van der Waals surface area contributed by atoms with Gasteiger partial charge in [-0.05, 0) is 67.3 Å². The number of piperidine rings is 1. The fraction of sp³-hybridized carbons (Fsp3) is 0.476. The van der Waals surface area contributed by atoms with Crippen LogP contribution < -0.4 is 14.8 Å². The molecule has 4 heterocycles. The van der Waals surface area contributed by atoms with Gasteiger partial charge in [0.05, 0.1) is 4.88 Å². The van der Waals surface area contributed by atoms with Crippen molar-refractivity contribution in [3.05, 3.63) is 45.6 Å². The Kier molecular flexibility index (Phi) is 4.32. The fourth-order valence-corrected chi connectivity index (χ4v) is 5.58. The van der Waals surface area contributed by atoms with Gasteiger partial charge in [0, 0.05) is 24.7 Å². The van der Waals surface area contributed by atoms with E-state index in [0.29, 0.717) is 18.9 Å². The normalized spacial score (nSPS) is 26.3. The summed E-state index contributed by atoms with van der Waals surface area (Å²) in [6.45, 7) is 3.26. The molecule has 0 aliphatic carbocycles. The van der Waals surface area contributed by atoms with Crippen LogP contribution in [-0.4, -0.2) is 35.7 Å². The van der Waals surface area contributed by atoms with Crippen LogP contribution in [0.4, 0.5) is 0 Å². The van der Waals surface area contributed by atoms with Crippen molar-refractivity contribution in [3.8, 4) is 11.5 Å². The van der Waals surface area contributed by atoms with Crippen molar-refractivity contribution in [2.45, 2.75) is 57.3 Å². The first-order valence-electron chi connectivity index (χ1n) is 9.66. The van der Waals surface area contributed by atoms with Crippen LogP contribution >= 0.6 is 11.3 Å². The Bertz CT molecular complexity index is 851. The number of fused-ring (bicyclic) bond motifs is 3. The lowest BCUT2D eigenvalue weighted by Crippen LogP contribution is -2.49. The number of hydrogen-bond acceptors (Lipinski definition) is 5. The number of rotatable bonds is 4. The topological polar surface area (TPSA) is 50.8 Å². The molecule has 2 fully saturated rings. The van der Waals surface area contributed by atoms with Crippen LogP contribution in [0.3, 0.4) is 0 Å². The molecular formula is C21H24N2O3S. The molecule has 1 aromatic carbocycles. The van der Waals surface area contributed by atoms with E-state index in [4.69, 9.17) is 9.47 Å². The number of amides is 1. The van der Waals surface area contributed by atoms with E-state index in [1.54, 1.807) is 0 Å². The Morgan fingerprint density at radius 2 is 1.96 bits per heavy atom. The van der Waals surface area contributed by atoms with Crippen molar-refractivity contribution in [1.82, 2.24) is 10.2 Å². The zero-order valence-corrected chi connectivity index (χ0v) is 16.3. The molecule has 2 saturated heterocycles. The highest BCUT2D eigenvalue weighted by molar-refractivity contribution is 7.12. The number of carbonyl (C=O) groups excluding carboxylic acids is 1. The molecule has 1 aromatic heterocycles. The average molecular weight is 385 g/mol. The van der Waals surface area contributed by atoms with Gasteiger partial charge in [-0.15, -0.1) is 11.3 Å². The zero-order valence-electron chi connectivity index (χ0n) is 15.4. The maximum atomic E-state index is 12.6. The highest BCUT2D eigenvalue weighted by atomic mass is 32.1. The first-order valence-corrected chi connectivity index (χ1v) is 10.5. The molecule has 2 bridgehead atoms. The lowest BCUT2D eigenvalue weighted by atomic mass is 9.96. The number of nitrogens with zero attached hydrogens (tertiary/aromatic N) is 1. The Balaban J connectivity index is 1.24. The lowest BCUT2D eigenvalue weighted by molar-refractivity contribution is 0.0830. The van der Waals surface area contributed by atoms with Gasteiger partial charge in [-0.25, -0.2) is 0 Å². The van der Waals surface area contributed by atoms with Crippen molar-refractivity contribution in [3.63, 3.8) is 0 Å². The second-order valence-corrected chi connectivity index (χ2v) is 8.74. The van der Waals surface area contributed by atoms with E-state index < -0.39 is 0 Å². The minimum atomic E-state index is 0.0936. The molecule has 6 heteroatoms. The molecule has 1 amide bonds. The fourth-order valence-electron chi connectivity index (χ4n) is 4.76. The summed E-state index contributed by atoms with van der Waals surface area (Å²) < 4.78 is 10.9. The predicted molar refractivity (Wildman–Crippen MR) is 104 cm³/mol. The monoisotopic (exact) mass is 384 g/mol. The predicted octanol–water partition coefficient (Wildman–Crippen LogP) is 3.71. The molecule has 3 aliphatic rings. The van der Waals surface area contributed by atoms with Crippen LogP contribution in [0.2, 0.25) is 0 Å². The maximum absolute atomic E-state index is 12.6. The van der Waals surface area contributed by atoms with Crippen LogP contribution in [0.1, 0.15) is 46.5 Å². The van der Waals surface area contributed by atoms with Crippen molar-refractivity contribution < 1.29 is 14.3 Å². The van der Waals surface area contributed by atoms with E-state index in [2.05, 4.69) is 22.3 Å². The van der Waals surface area contributed by atoms with Gasteiger partial charge >= 0.3 is 0 Å². The average Bonchev–Trinajstić information content (AvgIpc) is 3.34. The molecule has 5 rings (SSSR count). The van der Waals surface area contributed by atoms with Crippen molar-refractivity contribution in [2.24, 2.45) is 0 Å². The molecule has 2 atom stereocenters. The third-order valence-corrected chi connectivity index (χ3v) is 7.11. The van der Waals surface area contributed by atoms with Gasteiger partial charge in [-0.1, -0.05) is 6.07 Å². The first-order chi connectivity index (χ1) is 13.2. The first kappa shape index (κ1) is 17.1. The number of ether oxygens (including phenoxy) is 2. The Labute approximate surface area is 163 Å².